The summed E-state index contributed by atoms with van der Waals surface area (Å²) in [7, 11) is -3.17. The monoisotopic (exact) mass is 254 g/mol. The zero-order chi connectivity index (χ0) is 12.5. The normalized spacial score (nSPS) is 18.0. The first-order valence-electron chi connectivity index (χ1n) is 6.01. The third kappa shape index (κ3) is 2.66. The molecule has 1 aromatic rings. The van der Waals surface area contributed by atoms with Crippen LogP contribution in [0, 0.1) is 0 Å². The largest absolute Gasteiger partial charge is 0.324 e. The smallest absolute Gasteiger partial charge is 0.198 e. The van der Waals surface area contributed by atoms with Crippen molar-refractivity contribution in [2.75, 3.05) is 0 Å². The van der Waals surface area contributed by atoms with E-state index in [1.165, 1.54) is 0 Å². The minimum absolute atomic E-state index is 0.0508. The molecule has 1 fully saturated rings. The lowest BCUT2D eigenvalue weighted by molar-refractivity contribution is 0.589. The van der Waals surface area contributed by atoms with Gasteiger partial charge in [-0.1, -0.05) is 19.4 Å². The third-order valence-corrected chi connectivity index (χ3v) is 5.22. The molecule has 0 bridgehead atoms. The summed E-state index contributed by atoms with van der Waals surface area (Å²) in [5.74, 6) is 0. The van der Waals surface area contributed by atoms with E-state index in [1.807, 2.05) is 0 Å². The molecule has 2 rings (SSSR count). The molecule has 0 saturated heterocycles. The van der Waals surface area contributed by atoms with Gasteiger partial charge in [0.05, 0.1) is 5.25 Å². The van der Waals surface area contributed by atoms with Crippen molar-refractivity contribution < 1.29 is 8.42 Å². The van der Waals surface area contributed by atoms with Crippen molar-refractivity contribution in [3.05, 3.63) is 23.9 Å². The predicted octanol–water partition coefficient (Wildman–Crippen LogP) is 1.82. The number of pyridine rings is 1. The van der Waals surface area contributed by atoms with Crippen molar-refractivity contribution in [1.82, 2.24) is 4.98 Å². The quantitative estimate of drug-likeness (QED) is 0.869. The van der Waals surface area contributed by atoms with Gasteiger partial charge in [0.1, 0.15) is 0 Å². The van der Waals surface area contributed by atoms with Crippen LogP contribution in [-0.4, -0.2) is 18.7 Å². The fourth-order valence-electron chi connectivity index (χ4n) is 1.81. The van der Waals surface area contributed by atoms with Crippen molar-refractivity contribution in [3.63, 3.8) is 0 Å². The summed E-state index contributed by atoms with van der Waals surface area (Å²) in [6.45, 7) is 2.07. The Bertz CT molecular complexity index is 478. The van der Waals surface area contributed by atoms with Gasteiger partial charge in [0.15, 0.2) is 14.9 Å². The second kappa shape index (κ2) is 4.74. The van der Waals surface area contributed by atoms with Crippen LogP contribution in [0.15, 0.2) is 23.4 Å². The molecule has 1 aromatic heterocycles. The van der Waals surface area contributed by atoms with E-state index in [2.05, 4.69) is 11.9 Å². The molecule has 94 valence electrons. The fraction of sp³-hybridized carbons (Fsp3) is 0.583. The summed E-state index contributed by atoms with van der Waals surface area (Å²) in [4.78, 5) is 4.05. The molecule has 0 aliphatic heterocycles. The SMILES string of the molecule is CCCC(N)c1ccc(S(=O)(=O)C2CC2)nc1. The summed E-state index contributed by atoms with van der Waals surface area (Å²) >= 11 is 0. The predicted molar refractivity (Wildman–Crippen MR) is 66.3 cm³/mol. The van der Waals surface area contributed by atoms with Gasteiger partial charge in [0, 0.05) is 12.2 Å². The van der Waals surface area contributed by atoms with E-state index in [4.69, 9.17) is 5.73 Å². The summed E-state index contributed by atoms with van der Waals surface area (Å²) in [5, 5.41) is -0.0161. The van der Waals surface area contributed by atoms with Gasteiger partial charge >= 0.3 is 0 Å². The Morgan fingerprint density at radius 2 is 2.18 bits per heavy atom. The topological polar surface area (TPSA) is 73.1 Å². The number of rotatable bonds is 5. The van der Waals surface area contributed by atoms with E-state index < -0.39 is 9.84 Å². The highest BCUT2D eigenvalue weighted by Gasteiger charge is 2.37. The van der Waals surface area contributed by atoms with Crippen molar-refractivity contribution >= 4 is 9.84 Å². The summed E-state index contributed by atoms with van der Waals surface area (Å²) in [5.41, 5.74) is 6.85. The molecule has 0 amide bonds. The van der Waals surface area contributed by atoms with Gasteiger partial charge in [0.2, 0.25) is 0 Å². The molecule has 1 aliphatic carbocycles. The first kappa shape index (κ1) is 12.5. The van der Waals surface area contributed by atoms with Crippen LogP contribution in [0.2, 0.25) is 0 Å². The molecule has 17 heavy (non-hydrogen) atoms. The first-order valence-corrected chi connectivity index (χ1v) is 7.55. The fourth-order valence-corrected chi connectivity index (χ4v) is 3.36. The molecule has 2 N–H and O–H groups in total. The van der Waals surface area contributed by atoms with Crippen LogP contribution in [0.3, 0.4) is 0 Å². The zero-order valence-electron chi connectivity index (χ0n) is 9.96. The minimum atomic E-state index is -3.17. The molecule has 0 spiro atoms. The molecule has 0 aromatic carbocycles. The van der Waals surface area contributed by atoms with E-state index in [9.17, 15) is 8.42 Å². The Balaban J connectivity index is 2.18. The van der Waals surface area contributed by atoms with Crippen molar-refractivity contribution in [3.8, 4) is 0 Å². The molecule has 1 heterocycles. The van der Waals surface area contributed by atoms with E-state index in [1.54, 1.807) is 18.3 Å². The highest BCUT2D eigenvalue weighted by Crippen LogP contribution is 2.32. The van der Waals surface area contributed by atoms with Crippen LogP contribution in [0.5, 0.6) is 0 Å². The van der Waals surface area contributed by atoms with E-state index >= 15 is 0 Å². The van der Waals surface area contributed by atoms with Gasteiger partial charge in [-0.15, -0.1) is 0 Å². The van der Waals surface area contributed by atoms with Crippen LogP contribution in [0.1, 0.15) is 44.2 Å². The second-order valence-electron chi connectivity index (χ2n) is 4.57. The number of hydrogen-bond acceptors (Lipinski definition) is 4. The molecule has 5 heteroatoms. The van der Waals surface area contributed by atoms with Gasteiger partial charge in [-0.3, -0.25) is 0 Å². The third-order valence-electron chi connectivity index (χ3n) is 3.04. The number of nitrogens with two attached hydrogens (primary N) is 1. The maximum absolute atomic E-state index is 11.9. The molecule has 4 nitrogen and oxygen atoms in total. The van der Waals surface area contributed by atoms with Crippen LogP contribution in [0.4, 0.5) is 0 Å². The Labute approximate surface area is 102 Å². The average Bonchev–Trinajstić information content (AvgIpc) is 3.13. The number of hydrogen-bond donors (Lipinski definition) is 1. The molecular formula is C12H18N2O2S. The molecule has 0 radical (unpaired) electrons. The van der Waals surface area contributed by atoms with Crippen molar-refractivity contribution in [2.45, 2.75) is 48.9 Å². The van der Waals surface area contributed by atoms with Gasteiger partial charge in [-0.25, -0.2) is 13.4 Å². The average molecular weight is 254 g/mol. The van der Waals surface area contributed by atoms with Gasteiger partial charge in [-0.05, 0) is 30.9 Å². The Hall–Kier alpha value is -0.940. The van der Waals surface area contributed by atoms with Crippen LogP contribution >= 0.6 is 0 Å². The molecule has 1 aliphatic rings. The van der Waals surface area contributed by atoms with Gasteiger partial charge in [0.25, 0.3) is 0 Å². The van der Waals surface area contributed by atoms with E-state index in [0.29, 0.717) is 0 Å². The number of sulfone groups is 1. The Morgan fingerprint density at radius 1 is 1.47 bits per heavy atom. The highest BCUT2D eigenvalue weighted by atomic mass is 32.2. The lowest BCUT2D eigenvalue weighted by Crippen LogP contribution is -2.12. The number of aromatic nitrogens is 1. The van der Waals surface area contributed by atoms with Gasteiger partial charge < -0.3 is 5.73 Å². The maximum Gasteiger partial charge on any atom is 0.198 e. The first-order chi connectivity index (χ1) is 8.05. The zero-order valence-corrected chi connectivity index (χ0v) is 10.8. The van der Waals surface area contributed by atoms with Gasteiger partial charge in [-0.2, -0.15) is 0 Å². The molecule has 1 atom stereocenters. The molecular weight excluding hydrogens is 236 g/mol. The minimum Gasteiger partial charge on any atom is -0.324 e. The van der Waals surface area contributed by atoms with Crippen LogP contribution in [0.25, 0.3) is 0 Å². The Kier molecular flexibility index (Phi) is 3.49. The summed E-state index contributed by atoms with van der Waals surface area (Å²) < 4.78 is 23.8. The molecule has 1 unspecified atom stereocenters. The van der Waals surface area contributed by atoms with Crippen molar-refractivity contribution in [1.29, 1.82) is 0 Å². The number of nitrogens with zero attached hydrogens (tertiary/aromatic N) is 1. The lowest BCUT2D eigenvalue weighted by Gasteiger charge is -2.10. The van der Waals surface area contributed by atoms with E-state index in [-0.39, 0.29) is 16.3 Å². The molecule has 1 saturated carbocycles. The van der Waals surface area contributed by atoms with Crippen molar-refractivity contribution in [2.24, 2.45) is 5.73 Å². The van der Waals surface area contributed by atoms with Crippen LogP contribution < -0.4 is 5.73 Å². The second-order valence-corrected chi connectivity index (χ2v) is 6.74. The summed E-state index contributed by atoms with van der Waals surface area (Å²) in [6.07, 6.45) is 5.01. The maximum atomic E-state index is 11.9. The lowest BCUT2D eigenvalue weighted by atomic mass is 10.1. The summed E-state index contributed by atoms with van der Waals surface area (Å²) in [6, 6.07) is 3.31. The van der Waals surface area contributed by atoms with E-state index in [0.717, 1.165) is 31.2 Å². The highest BCUT2D eigenvalue weighted by molar-refractivity contribution is 7.92. The Morgan fingerprint density at radius 3 is 2.65 bits per heavy atom. The standard InChI is InChI=1S/C12H18N2O2S/c1-2-3-11(13)9-4-7-12(14-8-9)17(15,16)10-5-6-10/h4,7-8,10-11H,2-3,5-6,13H2,1H3. The van der Waals surface area contributed by atoms with Crippen LogP contribution in [-0.2, 0) is 9.84 Å².